The lowest BCUT2D eigenvalue weighted by atomic mass is 10.0. The normalized spacial score (nSPS) is 23.0. The van der Waals surface area contributed by atoms with E-state index in [1.54, 1.807) is 0 Å². The van der Waals surface area contributed by atoms with E-state index < -0.39 is 0 Å². The Balaban J connectivity index is 2.21. The molecular formula is C14H21BrN2O. The average molecular weight is 313 g/mol. The van der Waals surface area contributed by atoms with Crippen LogP contribution in [0, 0.1) is 6.92 Å². The summed E-state index contributed by atoms with van der Waals surface area (Å²) < 4.78 is 6.74. The van der Waals surface area contributed by atoms with Crippen molar-refractivity contribution in [1.29, 1.82) is 0 Å². The number of aryl methyl sites for hydroxylation is 1. The number of nitrogens with zero attached hydrogens (tertiary/aromatic N) is 1. The molecule has 2 rings (SSSR count). The molecule has 2 unspecified atom stereocenters. The Hall–Kier alpha value is -0.420. The summed E-state index contributed by atoms with van der Waals surface area (Å²) in [5.74, 6) is 0. The number of rotatable bonds is 3. The molecule has 0 aromatic heterocycles. The van der Waals surface area contributed by atoms with Gasteiger partial charge in [-0.1, -0.05) is 28.1 Å². The molecule has 0 aliphatic carbocycles. The van der Waals surface area contributed by atoms with Crippen molar-refractivity contribution in [1.82, 2.24) is 4.90 Å². The summed E-state index contributed by atoms with van der Waals surface area (Å²) in [5.41, 5.74) is 8.52. The molecule has 1 aliphatic heterocycles. The fraction of sp³-hybridized carbons (Fsp3) is 0.571. The Morgan fingerprint density at radius 3 is 2.94 bits per heavy atom. The first-order valence-corrected chi connectivity index (χ1v) is 7.23. The van der Waals surface area contributed by atoms with Crippen molar-refractivity contribution in [2.24, 2.45) is 5.73 Å². The van der Waals surface area contributed by atoms with Gasteiger partial charge in [0.05, 0.1) is 12.7 Å². The minimum Gasteiger partial charge on any atom is -0.376 e. The van der Waals surface area contributed by atoms with Crippen molar-refractivity contribution in [3.8, 4) is 0 Å². The van der Waals surface area contributed by atoms with E-state index >= 15 is 0 Å². The van der Waals surface area contributed by atoms with E-state index in [-0.39, 0.29) is 12.1 Å². The van der Waals surface area contributed by atoms with Crippen LogP contribution >= 0.6 is 15.9 Å². The summed E-state index contributed by atoms with van der Waals surface area (Å²) in [7, 11) is 0. The van der Waals surface area contributed by atoms with Crippen LogP contribution in [0.4, 0.5) is 0 Å². The highest BCUT2D eigenvalue weighted by molar-refractivity contribution is 9.10. The lowest BCUT2D eigenvalue weighted by Gasteiger charge is -2.37. The first-order valence-electron chi connectivity index (χ1n) is 6.43. The fourth-order valence-electron chi connectivity index (χ4n) is 2.50. The number of benzene rings is 1. The topological polar surface area (TPSA) is 38.5 Å². The molecule has 100 valence electrons. The van der Waals surface area contributed by atoms with Gasteiger partial charge in [-0.3, -0.25) is 4.90 Å². The smallest absolute Gasteiger partial charge is 0.0674 e. The number of hydrogen-bond acceptors (Lipinski definition) is 3. The predicted molar refractivity (Wildman–Crippen MR) is 77.7 cm³/mol. The Morgan fingerprint density at radius 2 is 2.33 bits per heavy atom. The summed E-state index contributed by atoms with van der Waals surface area (Å²) in [6.45, 7) is 7.54. The first kappa shape index (κ1) is 14.0. The zero-order valence-corrected chi connectivity index (χ0v) is 12.6. The molecule has 3 nitrogen and oxygen atoms in total. The second kappa shape index (κ2) is 6.15. The van der Waals surface area contributed by atoms with Crippen LogP contribution in [0.2, 0.25) is 0 Å². The van der Waals surface area contributed by atoms with Gasteiger partial charge < -0.3 is 10.5 Å². The first-order chi connectivity index (χ1) is 8.61. The van der Waals surface area contributed by atoms with Crippen molar-refractivity contribution in [3.05, 3.63) is 33.8 Å². The van der Waals surface area contributed by atoms with Crippen LogP contribution in [0.5, 0.6) is 0 Å². The molecule has 0 amide bonds. The predicted octanol–water partition coefficient (Wildman–Crippen LogP) is 2.48. The summed E-state index contributed by atoms with van der Waals surface area (Å²) in [5, 5.41) is 0. The Kier molecular flexibility index (Phi) is 4.78. The number of morpholine rings is 1. The van der Waals surface area contributed by atoms with Gasteiger partial charge in [0.25, 0.3) is 0 Å². The molecule has 0 spiro atoms. The van der Waals surface area contributed by atoms with Crippen LogP contribution < -0.4 is 5.73 Å². The zero-order chi connectivity index (χ0) is 13.1. The van der Waals surface area contributed by atoms with Crippen molar-refractivity contribution in [3.63, 3.8) is 0 Å². The second-order valence-corrected chi connectivity index (χ2v) is 5.81. The standard InChI is InChI=1S/C14H21BrN2O/c1-10-3-4-12(13(15)7-10)14(8-16)17-5-6-18-11(2)9-17/h3-4,7,11,14H,5-6,8-9,16H2,1-2H3. The Bertz CT molecular complexity index is 411. The molecule has 1 heterocycles. The van der Waals surface area contributed by atoms with Crippen LogP contribution in [-0.2, 0) is 4.74 Å². The van der Waals surface area contributed by atoms with E-state index in [1.807, 2.05) is 0 Å². The highest BCUT2D eigenvalue weighted by Crippen LogP contribution is 2.29. The highest BCUT2D eigenvalue weighted by Gasteiger charge is 2.25. The molecular weight excluding hydrogens is 292 g/mol. The summed E-state index contributed by atoms with van der Waals surface area (Å²) in [6.07, 6.45) is 0.289. The molecule has 18 heavy (non-hydrogen) atoms. The van der Waals surface area contributed by atoms with Gasteiger partial charge in [-0.05, 0) is 31.0 Å². The molecule has 2 N–H and O–H groups in total. The molecule has 4 heteroatoms. The van der Waals surface area contributed by atoms with Crippen LogP contribution in [0.15, 0.2) is 22.7 Å². The second-order valence-electron chi connectivity index (χ2n) is 4.95. The third-order valence-corrected chi connectivity index (χ3v) is 4.14. The van der Waals surface area contributed by atoms with E-state index in [0.717, 1.165) is 24.2 Å². The lowest BCUT2D eigenvalue weighted by Crippen LogP contribution is -2.45. The van der Waals surface area contributed by atoms with Crippen molar-refractivity contribution in [2.75, 3.05) is 26.2 Å². The van der Waals surface area contributed by atoms with Gasteiger partial charge in [0.2, 0.25) is 0 Å². The summed E-state index contributed by atoms with van der Waals surface area (Å²) >= 11 is 3.66. The maximum atomic E-state index is 5.98. The van der Waals surface area contributed by atoms with Gasteiger partial charge in [-0.15, -0.1) is 0 Å². The number of hydrogen-bond donors (Lipinski definition) is 1. The van der Waals surface area contributed by atoms with Crippen molar-refractivity contribution in [2.45, 2.75) is 26.0 Å². The summed E-state index contributed by atoms with van der Waals surface area (Å²) in [6, 6.07) is 6.75. The maximum Gasteiger partial charge on any atom is 0.0674 e. The molecule has 0 radical (unpaired) electrons. The molecule has 2 atom stereocenters. The molecule has 0 saturated carbocycles. The molecule has 1 saturated heterocycles. The van der Waals surface area contributed by atoms with Gasteiger partial charge in [-0.25, -0.2) is 0 Å². The molecule has 1 fully saturated rings. The number of nitrogens with two attached hydrogens (primary N) is 1. The lowest BCUT2D eigenvalue weighted by molar-refractivity contribution is -0.0334. The molecule has 0 bridgehead atoms. The van der Waals surface area contributed by atoms with Gasteiger partial charge in [0.1, 0.15) is 0 Å². The Morgan fingerprint density at radius 1 is 1.56 bits per heavy atom. The van der Waals surface area contributed by atoms with Gasteiger partial charge >= 0.3 is 0 Å². The van der Waals surface area contributed by atoms with Gasteiger partial charge in [0, 0.05) is 30.1 Å². The van der Waals surface area contributed by atoms with E-state index in [9.17, 15) is 0 Å². The largest absolute Gasteiger partial charge is 0.376 e. The van der Waals surface area contributed by atoms with Crippen LogP contribution in [0.1, 0.15) is 24.1 Å². The SMILES string of the molecule is Cc1ccc(C(CN)N2CCOC(C)C2)c(Br)c1. The third-order valence-electron chi connectivity index (χ3n) is 3.45. The van der Waals surface area contributed by atoms with Gasteiger partial charge in [-0.2, -0.15) is 0 Å². The Labute approximate surface area is 117 Å². The molecule has 1 aliphatic rings. The van der Waals surface area contributed by atoms with Gasteiger partial charge in [0.15, 0.2) is 0 Å². The molecule has 1 aromatic carbocycles. The van der Waals surface area contributed by atoms with Crippen molar-refractivity contribution >= 4 is 15.9 Å². The van der Waals surface area contributed by atoms with Crippen LogP contribution in [-0.4, -0.2) is 37.2 Å². The van der Waals surface area contributed by atoms with E-state index in [1.165, 1.54) is 11.1 Å². The summed E-state index contributed by atoms with van der Waals surface area (Å²) in [4.78, 5) is 2.42. The van der Waals surface area contributed by atoms with Crippen molar-refractivity contribution < 1.29 is 4.74 Å². The minimum atomic E-state index is 0.270. The maximum absolute atomic E-state index is 5.98. The molecule has 1 aromatic rings. The van der Waals surface area contributed by atoms with Crippen LogP contribution in [0.3, 0.4) is 0 Å². The fourth-order valence-corrected chi connectivity index (χ4v) is 3.26. The van der Waals surface area contributed by atoms with E-state index in [2.05, 4.69) is 52.9 Å². The van der Waals surface area contributed by atoms with E-state index in [0.29, 0.717) is 6.54 Å². The third kappa shape index (κ3) is 3.12. The average Bonchev–Trinajstić information content (AvgIpc) is 2.33. The monoisotopic (exact) mass is 312 g/mol. The quantitative estimate of drug-likeness (QED) is 0.932. The van der Waals surface area contributed by atoms with E-state index in [4.69, 9.17) is 10.5 Å². The number of halogens is 1. The zero-order valence-electron chi connectivity index (χ0n) is 11.0. The number of ether oxygens (including phenoxy) is 1. The highest BCUT2D eigenvalue weighted by atomic mass is 79.9. The minimum absolute atomic E-state index is 0.270. The van der Waals surface area contributed by atoms with Crippen LogP contribution in [0.25, 0.3) is 0 Å².